The van der Waals surface area contributed by atoms with Gasteiger partial charge < -0.3 is 5.11 Å². The number of benzene rings is 1. The highest BCUT2D eigenvalue weighted by atomic mass is 35.5. The monoisotopic (exact) mass is 275 g/mol. The minimum absolute atomic E-state index is 0.000162. The van der Waals surface area contributed by atoms with Crippen LogP contribution < -0.4 is 0 Å². The molecule has 2 rings (SSSR count). The number of fused-ring (bicyclic) bond motifs is 1. The maximum absolute atomic E-state index is 12.5. The number of hydrogen-bond donors (Lipinski definition) is 1. The van der Waals surface area contributed by atoms with Gasteiger partial charge in [-0.3, -0.25) is 4.98 Å². The fourth-order valence-electron chi connectivity index (χ4n) is 1.49. The average molecular weight is 276 g/mol. The predicted molar refractivity (Wildman–Crippen MR) is 58.7 cm³/mol. The van der Waals surface area contributed by atoms with Crippen LogP contribution in [0.25, 0.3) is 10.9 Å². The van der Waals surface area contributed by atoms with E-state index in [0.717, 1.165) is 24.4 Å². The molecule has 0 aliphatic heterocycles. The lowest BCUT2D eigenvalue weighted by Gasteiger charge is -2.08. The van der Waals surface area contributed by atoms with Gasteiger partial charge in [0.1, 0.15) is 0 Å². The molecule has 0 saturated carbocycles. The Morgan fingerprint density at radius 1 is 1.33 bits per heavy atom. The van der Waals surface area contributed by atoms with E-state index in [1.165, 1.54) is 0 Å². The molecule has 0 bridgehead atoms. The van der Waals surface area contributed by atoms with Gasteiger partial charge in [0.05, 0.1) is 21.7 Å². The van der Waals surface area contributed by atoms with Gasteiger partial charge in [0.15, 0.2) is 0 Å². The molecule has 0 unspecified atom stereocenters. The Bertz CT molecular complexity index is 640. The third-order valence-corrected chi connectivity index (χ3v) is 2.77. The van der Waals surface area contributed by atoms with Crippen LogP contribution in [0.15, 0.2) is 24.4 Å². The number of hydrogen-bond acceptors (Lipinski definition) is 2. The lowest BCUT2D eigenvalue weighted by Crippen LogP contribution is -2.05. The van der Waals surface area contributed by atoms with Crippen molar-refractivity contribution in [1.29, 1.82) is 0 Å². The molecule has 1 aromatic heterocycles. The molecule has 94 valence electrons. The molecule has 0 aliphatic carbocycles. The van der Waals surface area contributed by atoms with Gasteiger partial charge in [0.25, 0.3) is 0 Å². The fourth-order valence-corrected chi connectivity index (χ4v) is 1.77. The standard InChI is InChI=1S/C11H5ClF3NO2/c12-9-6-2-1-5(11(13,14)15)3-8(6)16-4-7(9)10(17)18/h1-4H,(H,17,18). The van der Waals surface area contributed by atoms with E-state index in [-0.39, 0.29) is 21.5 Å². The zero-order valence-corrected chi connectivity index (χ0v) is 9.38. The Balaban J connectivity index is 2.69. The van der Waals surface area contributed by atoms with Crippen molar-refractivity contribution in [2.24, 2.45) is 0 Å². The van der Waals surface area contributed by atoms with Gasteiger partial charge >= 0.3 is 12.1 Å². The Morgan fingerprint density at radius 2 is 2.00 bits per heavy atom. The Kier molecular flexibility index (Phi) is 2.90. The molecule has 0 fully saturated rings. The minimum Gasteiger partial charge on any atom is -0.478 e. The number of pyridine rings is 1. The first kappa shape index (κ1) is 12.6. The highest BCUT2D eigenvalue weighted by Crippen LogP contribution is 2.33. The molecule has 2 aromatic rings. The Morgan fingerprint density at radius 3 is 2.56 bits per heavy atom. The molecule has 0 atom stereocenters. The second-order valence-electron chi connectivity index (χ2n) is 3.52. The van der Waals surface area contributed by atoms with E-state index in [1.807, 2.05) is 0 Å². The third-order valence-electron chi connectivity index (χ3n) is 2.36. The largest absolute Gasteiger partial charge is 0.478 e. The quantitative estimate of drug-likeness (QED) is 0.865. The lowest BCUT2D eigenvalue weighted by molar-refractivity contribution is -0.137. The van der Waals surface area contributed by atoms with Gasteiger partial charge in [0.2, 0.25) is 0 Å². The molecule has 7 heteroatoms. The van der Waals surface area contributed by atoms with Crippen molar-refractivity contribution in [3.05, 3.63) is 40.5 Å². The summed E-state index contributed by atoms with van der Waals surface area (Å²) in [4.78, 5) is 14.5. The molecular weight excluding hydrogens is 271 g/mol. The molecule has 0 spiro atoms. The van der Waals surface area contributed by atoms with Gasteiger partial charge in [-0.2, -0.15) is 13.2 Å². The van der Waals surface area contributed by atoms with E-state index in [2.05, 4.69) is 4.98 Å². The normalized spacial score (nSPS) is 11.8. The maximum Gasteiger partial charge on any atom is 0.416 e. The Labute approximate surface area is 104 Å². The van der Waals surface area contributed by atoms with Crippen LogP contribution in [0.3, 0.4) is 0 Å². The van der Waals surface area contributed by atoms with Gasteiger partial charge in [-0.15, -0.1) is 0 Å². The van der Waals surface area contributed by atoms with E-state index in [4.69, 9.17) is 16.7 Å². The van der Waals surface area contributed by atoms with Crippen LogP contribution in [-0.4, -0.2) is 16.1 Å². The second-order valence-corrected chi connectivity index (χ2v) is 3.90. The summed E-state index contributed by atoms with van der Waals surface area (Å²) in [5.74, 6) is -1.28. The van der Waals surface area contributed by atoms with E-state index < -0.39 is 17.7 Å². The van der Waals surface area contributed by atoms with Crippen LogP contribution in [0.1, 0.15) is 15.9 Å². The number of carboxylic acids is 1. The number of halogens is 4. The molecule has 0 amide bonds. The highest BCUT2D eigenvalue weighted by Gasteiger charge is 2.30. The van der Waals surface area contributed by atoms with E-state index >= 15 is 0 Å². The zero-order chi connectivity index (χ0) is 13.5. The number of nitrogens with zero attached hydrogens (tertiary/aromatic N) is 1. The molecule has 1 heterocycles. The number of aromatic carboxylic acids is 1. The van der Waals surface area contributed by atoms with Crippen molar-refractivity contribution in [2.45, 2.75) is 6.18 Å². The van der Waals surface area contributed by atoms with Gasteiger partial charge in [-0.1, -0.05) is 17.7 Å². The predicted octanol–water partition coefficient (Wildman–Crippen LogP) is 3.61. The highest BCUT2D eigenvalue weighted by molar-refractivity contribution is 6.38. The molecule has 0 aliphatic rings. The van der Waals surface area contributed by atoms with E-state index in [9.17, 15) is 18.0 Å². The summed E-state index contributed by atoms with van der Waals surface area (Å²) in [6, 6.07) is 2.77. The molecule has 18 heavy (non-hydrogen) atoms. The van der Waals surface area contributed by atoms with Crippen LogP contribution in [0.2, 0.25) is 5.02 Å². The summed E-state index contributed by atoms with van der Waals surface area (Å²) in [6.07, 6.45) is -3.54. The van der Waals surface area contributed by atoms with Crippen molar-refractivity contribution in [1.82, 2.24) is 4.98 Å². The van der Waals surface area contributed by atoms with E-state index in [1.54, 1.807) is 0 Å². The first-order valence-corrected chi connectivity index (χ1v) is 5.07. The number of aromatic nitrogens is 1. The van der Waals surface area contributed by atoms with Gasteiger partial charge in [-0.05, 0) is 12.1 Å². The summed E-state index contributed by atoms with van der Waals surface area (Å²) in [7, 11) is 0. The first-order chi connectivity index (χ1) is 8.30. The Hall–Kier alpha value is -1.82. The van der Waals surface area contributed by atoms with Crippen LogP contribution in [0.5, 0.6) is 0 Å². The summed E-state index contributed by atoms with van der Waals surface area (Å²) in [5.41, 5.74) is -1.11. The smallest absolute Gasteiger partial charge is 0.416 e. The summed E-state index contributed by atoms with van der Waals surface area (Å²) in [5, 5.41) is 8.85. The molecular formula is C11H5ClF3NO2. The molecule has 3 nitrogen and oxygen atoms in total. The van der Waals surface area contributed by atoms with E-state index in [0.29, 0.717) is 0 Å². The minimum atomic E-state index is -4.48. The number of rotatable bonds is 1. The topological polar surface area (TPSA) is 50.2 Å². The van der Waals surface area contributed by atoms with Gasteiger partial charge in [-0.25, -0.2) is 4.79 Å². The summed E-state index contributed by atoms with van der Waals surface area (Å²) < 4.78 is 37.4. The van der Waals surface area contributed by atoms with Crippen molar-refractivity contribution >= 4 is 28.5 Å². The third kappa shape index (κ3) is 2.11. The van der Waals surface area contributed by atoms with Crippen LogP contribution in [-0.2, 0) is 6.18 Å². The van der Waals surface area contributed by atoms with Crippen molar-refractivity contribution in [2.75, 3.05) is 0 Å². The maximum atomic E-state index is 12.5. The summed E-state index contributed by atoms with van der Waals surface area (Å²) in [6.45, 7) is 0. The number of alkyl halides is 3. The molecule has 1 N–H and O–H groups in total. The zero-order valence-electron chi connectivity index (χ0n) is 8.62. The van der Waals surface area contributed by atoms with Gasteiger partial charge in [0, 0.05) is 11.6 Å². The molecule has 0 saturated heterocycles. The van der Waals surface area contributed by atoms with Crippen LogP contribution in [0.4, 0.5) is 13.2 Å². The van der Waals surface area contributed by atoms with Crippen molar-refractivity contribution in [3.63, 3.8) is 0 Å². The van der Waals surface area contributed by atoms with Crippen molar-refractivity contribution < 1.29 is 23.1 Å². The van der Waals surface area contributed by atoms with Crippen molar-refractivity contribution in [3.8, 4) is 0 Å². The SMILES string of the molecule is O=C(O)c1cnc2cc(C(F)(F)F)ccc2c1Cl. The number of carboxylic acid groups (broad SMARTS) is 1. The molecule has 0 radical (unpaired) electrons. The first-order valence-electron chi connectivity index (χ1n) is 4.69. The lowest BCUT2D eigenvalue weighted by atomic mass is 10.1. The summed E-state index contributed by atoms with van der Waals surface area (Å²) >= 11 is 5.80. The van der Waals surface area contributed by atoms with Crippen LogP contribution in [0, 0.1) is 0 Å². The second kappa shape index (κ2) is 4.13. The number of carbonyl (C=O) groups is 1. The average Bonchev–Trinajstić information content (AvgIpc) is 2.27. The fraction of sp³-hybridized carbons (Fsp3) is 0.0909. The molecule has 1 aromatic carbocycles. The van der Waals surface area contributed by atoms with Crippen LogP contribution >= 0.6 is 11.6 Å².